The molecule has 0 spiro atoms. The lowest BCUT2D eigenvalue weighted by Gasteiger charge is -2.16. The molecule has 1 atom stereocenters. The minimum atomic E-state index is -2.83. The van der Waals surface area contributed by atoms with Gasteiger partial charge in [0, 0.05) is 13.1 Å². The summed E-state index contributed by atoms with van der Waals surface area (Å²) in [6.07, 6.45) is 1.31. The largest absolute Gasteiger partial charge is 0.435 e. The Morgan fingerprint density at radius 3 is 2.68 bits per heavy atom. The lowest BCUT2D eigenvalue weighted by molar-refractivity contribution is -0.129. The number of halogens is 3. The van der Waals surface area contributed by atoms with Crippen LogP contribution in [0.3, 0.4) is 0 Å². The Morgan fingerprint density at radius 1 is 1.41 bits per heavy atom. The van der Waals surface area contributed by atoms with Crippen LogP contribution in [0.15, 0.2) is 24.3 Å². The van der Waals surface area contributed by atoms with Gasteiger partial charge in [-0.2, -0.15) is 8.78 Å². The monoisotopic (exact) mass is 334 g/mol. The number of carbonyl (C=O) groups excluding carboxylic acids is 1. The molecule has 1 amide bonds. The molecule has 1 aromatic rings. The van der Waals surface area contributed by atoms with Crippen LogP contribution in [0.25, 0.3) is 0 Å². The van der Waals surface area contributed by atoms with Gasteiger partial charge in [0.05, 0.1) is 6.42 Å². The van der Waals surface area contributed by atoms with Gasteiger partial charge >= 0.3 is 6.61 Å². The lowest BCUT2D eigenvalue weighted by Crippen LogP contribution is -2.31. The second-order valence-corrected chi connectivity index (χ2v) is 5.25. The minimum absolute atomic E-state index is 0. The summed E-state index contributed by atoms with van der Waals surface area (Å²) >= 11 is 0. The van der Waals surface area contributed by atoms with Gasteiger partial charge in [-0.25, -0.2) is 0 Å². The highest BCUT2D eigenvalue weighted by molar-refractivity contribution is 5.85. The number of hydrogen-bond acceptors (Lipinski definition) is 3. The van der Waals surface area contributed by atoms with Gasteiger partial charge < -0.3 is 15.0 Å². The smallest absolute Gasteiger partial charge is 0.387 e. The number of nitrogens with zero attached hydrogens (tertiary/aromatic N) is 1. The molecule has 124 valence electrons. The first-order chi connectivity index (χ1) is 10.1. The SMILES string of the molecule is CNCC1CCN(C(=O)Cc2ccc(OC(F)F)cc2)C1.Cl. The van der Waals surface area contributed by atoms with Crippen LogP contribution in [0.5, 0.6) is 5.75 Å². The van der Waals surface area contributed by atoms with Crippen molar-refractivity contribution in [3.8, 4) is 5.75 Å². The van der Waals surface area contributed by atoms with E-state index < -0.39 is 6.61 Å². The van der Waals surface area contributed by atoms with Crippen LogP contribution in [0.4, 0.5) is 8.78 Å². The van der Waals surface area contributed by atoms with E-state index >= 15 is 0 Å². The van der Waals surface area contributed by atoms with Crippen LogP contribution in [0.2, 0.25) is 0 Å². The first-order valence-electron chi connectivity index (χ1n) is 7.04. The van der Waals surface area contributed by atoms with Gasteiger partial charge in [0.1, 0.15) is 5.75 Å². The fourth-order valence-corrected chi connectivity index (χ4v) is 2.59. The second kappa shape index (κ2) is 8.90. The first kappa shape index (κ1) is 18.6. The van der Waals surface area contributed by atoms with E-state index in [1.165, 1.54) is 12.1 Å². The van der Waals surface area contributed by atoms with Crippen molar-refractivity contribution < 1.29 is 18.3 Å². The Balaban J connectivity index is 0.00000242. The second-order valence-electron chi connectivity index (χ2n) is 5.25. The van der Waals surface area contributed by atoms with Crippen molar-refractivity contribution in [1.29, 1.82) is 0 Å². The Morgan fingerprint density at radius 2 is 2.09 bits per heavy atom. The molecule has 7 heteroatoms. The van der Waals surface area contributed by atoms with Gasteiger partial charge in [0.15, 0.2) is 0 Å². The third-order valence-corrected chi connectivity index (χ3v) is 3.64. The minimum Gasteiger partial charge on any atom is -0.435 e. The van der Waals surface area contributed by atoms with Crippen LogP contribution in [0, 0.1) is 5.92 Å². The summed E-state index contributed by atoms with van der Waals surface area (Å²) in [7, 11) is 1.91. The highest BCUT2D eigenvalue weighted by atomic mass is 35.5. The summed E-state index contributed by atoms with van der Waals surface area (Å²) in [5, 5.41) is 3.13. The summed E-state index contributed by atoms with van der Waals surface area (Å²) in [4.78, 5) is 14.0. The predicted octanol–water partition coefficient (Wildman–Crippen LogP) is 2.32. The van der Waals surface area contributed by atoms with Gasteiger partial charge in [-0.15, -0.1) is 12.4 Å². The predicted molar refractivity (Wildman–Crippen MR) is 82.6 cm³/mol. The van der Waals surface area contributed by atoms with E-state index in [0.29, 0.717) is 12.3 Å². The van der Waals surface area contributed by atoms with Crippen LogP contribution >= 0.6 is 12.4 Å². The first-order valence-corrected chi connectivity index (χ1v) is 7.04. The zero-order valence-electron chi connectivity index (χ0n) is 12.4. The number of alkyl halides is 2. The fraction of sp³-hybridized carbons (Fsp3) is 0.533. The number of rotatable bonds is 6. The fourth-order valence-electron chi connectivity index (χ4n) is 2.59. The summed E-state index contributed by atoms with van der Waals surface area (Å²) in [5.74, 6) is 0.702. The molecule has 0 aliphatic carbocycles. The normalized spacial score (nSPS) is 17.5. The number of nitrogens with one attached hydrogen (secondary N) is 1. The Bertz CT molecular complexity index is 471. The third kappa shape index (κ3) is 5.42. The molecular weight excluding hydrogens is 314 g/mol. The van der Waals surface area contributed by atoms with Crippen molar-refractivity contribution in [2.45, 2.75) is 19.5 Å². The Hall–Kier alpha value is -1.40. The van der Waals surface area contributed by atoms with Crippen molar-refractivity contribution in [1.82, 2.24) is 10.2 Å². The maximum Gasteiger partial charge on any atom is 0.387 e. The highest BCUT2D eigenvalue weighted by Gasteiger charge is 2.25. The number of amides is 1. The molecule has 0 saturated carbocycles. The molecule has 1 unspecified atom stereocenters. The quantitative estimate of drug-likeness (QED) is 0.868. The van der Waals surface area contributed by atoms with E-state index in [4.69, 9.17) is 0 Å². The number of hydrogen-bond donors (Lipinski definition) is 1. The van der Waals surface area contributed by atoms with Crippen molar-refractivity contribution in [3.63, 3.8) is 0 Å². The van der Waals surface area contributed by atoms with Crippen molar-refractivity contribution in [2.24, 2.45) is 5.92 Å². The molecule has 22 heavy (non-hydrogen) atoms. The molecule has 0 aromatic heterocycles. The van der Waals surface area contributed by atoms with E-state index in [1.807, 2.05) is 11.9 Å². The number of likely N-dealkylation sites (tertiary alicyclic amines) is 1. The zero-order valence-corrected chi connectivity index (χ0v) is 13.2. The molecule has 1 aliphatic rings. The molecule has 2 rings (SSSR count). The van der Waals surface area contributed by atoms with E-state index in [-0.39, 0.29) is 24.1 Å². The molecule has 1 saturated heterocycles. The van der Waals surface area contributed by atoms with Crippen LogP contribution in [-0.2, 0) is 11.2 Å². The average molecular weight is 335 g/mol. The van der Waals surface area contributed by atoms with E-state index in [1.54, 1.807) is 12.1 Å². The van der Waals surface area contributed by atoms with Crippen LogP contribution in [-0.4, -0.2) is 44.1 Å². The standard InChI is InChI=1S/C15H20F2N2O2.ClH/c1-18-9-12-6-7-19(10-12)14(20)8-11-2-4-13(5-3-11)21-15(16)17;/h2-5,12,15,18H,6-10H2,1H3;1H. The summed E-state index contributed by atoms with van der Waals surface area (Å²) in [6.45, 7) is -0.334. The molecular formula is C15H21ClF2N2O2. The van der Waals surface area contributed by atoms with Gasteiger partial charge in [0.25, 0.3) is 0 Å². The molecule has 1 aromatic carbocycles. The number of carbonyl (C=O) groups is 1. The highest BCUT2D eigenvalue weighted by Crippen LogP contribution is 2.18. The molecule has 1 N–H and O–H groups in total. The number of ether oxygens (including phenoxy) is 1. The van der Waals surface area contributed by atoms with Crippen molar-refractivity contribution >= 4 is 18.3 Å². The molecule has 4 nitrogen and oxygen atoms in total. The average Bonchev–Trinajstić information content (AvgIpc) is 2.89. The van der Waals surface area contributed by atoms with Crippen LogP contribution in [0.1, 0.15) is 12.0 Å². The summed E-state index contributed by atoms with van der Waals surface area (Å²) < 4.78 is 28.4. The zero-order chi connectivity index (χ0) is 15.2. The van der Waals surface area contributed by atoms with E-state index in [9.17, 15) is 13.6 Å². The lowest BCUT2D eigenvalue weighted by atomic mass is 10.1. The van der Waals surface area contributed by atoms with Gasteiger partial charge in [-0.05, 0) is 43.6 Å². The molecule has 0 radical (unpaired) electrons. The van der Waals surface area contributed by atoms with Crippen molar-refractivity contribution in [2.75, 3.05) is 26.7 Å². The topological polar surface area (TPSA) is 41.6 Å². The van der Waals surface area contributed by atoms with Gasteiger partial charge in [-0.1, -0.05) is 12.1 Å². The molecule has 1 aliphatic heterocycles. The Labute approximate surface area is 135 Å². The van der Waals surface area contributed by atoms with E-state index in [2.05, 4.69) is 10.1 Å². The van der Waals surface area contributed by atoms with Crippen LogP contribution < -0.4 is 10.1 Å². The number of benzene rings is 1. The maximum atomic E-state index is 12.2. The van der Waals surface area contributed by atoms with Gasteiger partial charge in [-0.3, -0.25) is 4.79 Å². The molecule has 1 heterocycles. The molecule has 1 fully saturated rings. The van der Waals surface area contributed by atoms with E-state index in [0.717, 1.165) is 31.6 Å². The summed E-state index contributed by atoms with van der Waals surface area (Å²) in [6, 6.07) is 6.22. The van der Waals surface area contributed by atoms with Crippen molar-refractivity contribution in [3.05, 3.63) is 29.8 Å². The maximum absolute atomic E-state index is 12.2. The third-order valence-electron chi connectivity index (χ3n) is 3.64. The molecule has 0 bridgehead atoms. The summed E-state index contributed by atoms with van der Waals surface area (Å²) in [5.41, 5.74) is 0.804. The van der Waals surface area contributed by atoms with Gasteiger partial charge in [0.2, 0.25) is 5.91 Å². The Kier molecular flexibility index (Phi) is 7.55.